The fourth-order valence-electron chi connectivity index (χ4n) is 2.71. The summed E-state index contributed by atoms with van der Waals surface area (Å²) >= 11 is 0. The molecule has 0 spiro atoms. The maximum absolute atomic E-state index is 12.5. The number of hydrogen-bond donors (Lipinski definition) is 1. The zero-order valence-electron chi connectivity index (χ0n) is 17.4. The lowest BCUT2D eigenvalue weighted by Crippen LogP contribution is -2.23. The van der Waals surface area contributed by atoms with Crippen molar-refractivity contribution in [2.24, 2.45) is 0 Å². The summed E-state index contributed by atoms with van der Waals surface area (Å²) in [6.45, 7) is -3.69. The van der Waals surface area contributed by atoms with Crippen molar-refractivity contribution in [1.29, 1.82) is 0 Å². The summed E-state index contributed by atoms with van der Waals surface area (Å²) in [6.07, 6.45) is 3.22. The van der Waals surface area contributed by atoms with Crippen molar-refractivity contribution in [2.75, 3.05) is 20.3 Å². The van der Waals surface area contributed by atoms with Gasteiger partial charge in [-0.1, -0.05) is 12.1 Å². The van der Waals surface area contributed by atoms with Crippen LogP contribution in [0.4, 0.5) is 17.6 Å². The maximum atomic E-state index is 12.5. The van der Waals surface area contributed by atoms with Crippen LogP contribution in [-0.2, 0) is 11.2 Å². The smallest absolute Gasteiger partial charge is 0.387 e. The summed E-state index contributed by atoms with van der Waals surface area (Å²) in [5.41, 5.74) is 1.31. The molecule has 0 aliphatic rings. The highest BCUT2D eigenvalue weighted by Crippen LogP contribution is 2.31. The minimum absolute atomic E-state index is 0.0744. The molecule has 6 nitrogen and oxygen atoms in total. The normalized spacial score (nSPS) is 11.1. The molecule has 0 heterocycles. The summed E-state index contributed by atoms with van der Waals surface area (Å²) in [5, 5.41) is 2.69. The van der Waals surface area contributed by atoms with E-state index in [1.54, 1.807) is 19.1 Å². The highest BCUT2D eigenvalue weighted by atomic mass is 19.3. The van der Waals surface area contributed by atoms with E-state index in [0.29, 0.717) is 12.0 Å². The summed E-state index contributed by atoms with van der Waals surface area (Å²) in [4.78, 5) is 12.0. The van der Waals surface area contributed by atoms with Crippen LogP contribution in [0.1, 0.15) is 18.1 Å². The lowest BCUT2D eigenvalue weighted by Gasteiger charge is -2.12. The number of alkyl halides is 4. The Labute approximate surface area is 182 Å². The molecule has 0 fully saturated rings. The van der Waals surface area contributed by atoms with Crippen LogP contribution in [-0.4, -0.2) is 39.4 Å². The van der Waals surface area contributed by atoms with Gasteiger partial charge in [-0.3, -0.25) is 4.79 Å². The number of rotatable bonds is 12. The summed E-state index contributed by atoms with van der Waals surface area (Å²) in [6, 6.07) is 8.86. The van der Waals surface area contributed by atoms with Crippen LogP contribution in [0.25, 0.3) is 6.08 Å². The zero-order chi connectivity index (χ0) is 23.5. The monoisotopic (exact) mass is 457 g/mol. The molecule has 1 N–H and O–H groups in total. The first-order chi connectivity index (χ1) is 15.3. The molecule has 0 saturated heterocycles. The van der Waals surface area contributed by atoms with Gasteiger partial charge in [0, 0.05) is 12.6 Å². The van der Waals surface area contributed by atoms with E-state index in [4.69, 9.17) is 9.47 Å². The van der Waals surface area contributed by atoms with E-state index in [0.717, 1.165) is 5.56 Å². The van der Waals surface area contributed by atoms with Crippen molar-refractivity contribution < 1.29 is 41.3 Å². The number of nitrogens with one attached hydrogen (secondary N) is 1. The quantitative estimate of drug-likeness (QED) is 0.371. The molecule has 174 valence electrons. The third kappa shape index (κ3) is 8.01. The lowest BCUT2D eigenvalue weighted by atomic mass is 10.1. The molecule has 0 bridgehead atoms. The van der Waals surface area contributed by atoms with E-state index in [9.17, 15) is 22.4 Å². The Morgan fingerprint density at radius 2 is 1.62 bits per heavy atom. The number of methoxy groups -OCH3 is 1. The molecule has 2 rings (SSSR count). The molecule has 32 heavy (non-hydrogen) atoms. The number of amides is 1. The second-order valence-electron chi connectivity index (χ2n) is 6.26. The van der Waals surface area contributed by atoms with Crippen LogP contribution < -0.4 is 24.3 Å². The minimum Gasteiger partial charge on any atom is -0.493 e. The zero-order valence-corrected chi connectivity index (χ0v) is 17.4. The second kappa shape index (κ2) is 12.4. The SMILES string of the molecule is CCOc1cc(/C=C/C(=O)NCCc2ccc(OC(F)F)c(OC)c2)ccc1OC(F)F. The van der Waals surface area contributed by atoms with Crippen molar-refractivity contribution in [1.82, 2.24) is 5.32 Å². The average Bonchev–Trinajstić information content (AvgIpc) is 2.74. The third-order valence-corrected chi connectivity index (χ3v) is 4.07. The molecular formula is C22H23F4NO5. The van der Waals surface area contributed by atoms with Crippen LogP contribution in [0.5, 0.6) is 23.0 Å². The highest BCUT2D eigenvalue weighted by Gasteiger charge is 2.12. The number of benzene rings is 2. The molecule has 0 atom stereocenters. The second-order valence-corrected chi connectivity index (χ2v) is 6.26. The predicted octanol–water partition coefficient (Wildman–Crippen LogP) is 4.67. The van der Waals surface area contributed by atoms with Crippen LogP contribution in [0.2, 0.25) is 0 Å². The fourth-order valence-corrected chi connectivity index (χ4v) is 2.71. The van der Waals surface area contributed by atoms with Gasteiger partial charge < -0.3 is 24.3 Å². The van der Waals surface area contributed by atoms with Gasteiger partial charge >= 0.3 is 13.2 Å². The van der Waals surface area contributed by atoms with Gasteiger partial charge in [0.05, 0.1) is 13.7 Å². The molecule has 0 radical (unpaired) electrons. The standard InChI is InChI=1S/C22H23F4NO5/c1-3-30-19-13-14(4-8-17(19)32-22(25)26)6-9-20(28)27-11-10-15-5-7-16(31-21(23)24)18(12-15)29-2/h4-9,12-13,21-22H,3,10-11H2,1-2H3,(H,27,28)/b9-6+. The third-order valence-electron chi connectivity index (χ3n) is 4.07. The van der Waals surface area contributed by atoms with Gasteiger partial charge in [-0.25, -0.2) is 0 Å². The Balaban J connectivity index is 1.92. The van der Waals surface area contributed by atoms with Crippen molar-refractivity contribution in [3.05, 3.63) is 53.6 Å². The Morgan fingerprint density at radius 3 is 2.25 bits per heavy atom. The summed E-state index contributed by atoms with van der Waals surface area (Å²) in [7, 11) is 1.34. The first kappa shape index (κ1) is 24.8. The van der Waals surface area contributed by atoms with Gasteiger partial charge in [-0.2, -0.15) is 17.6 Å². The average molecular weight is 457 g/mol. The first-order valence-corrected chi connectivity index (χ1v) is 9.61. The Bertz CT molecular complexity index is 921. The van der Waals surface area contributed by atoms with E-state index in [1.165, 1.54) is 43.5 Å². The number of halogens is 4. The van der Waals surface area contributed by atoms with Crippen molar-refractivity contribution in [2.45, 2.75) is 26.6 Å². The summed E-state index contributed by atoms with van der Waals surface area (Å²) < 4.78 is 68.8. The number of carbonyl (C=O) groups is 1. The topological polar surface area (TPSA) is 66.0 Å². The molecule has 0 aliphatic carbocycles. The molecule has 2 aromatic carbocycles. The predicted molar refractivity (Wildman–Crippen MR) is 110 cm³/mol. The Kier molecular flexibility index (Phi) is 9.65. The molecule has 2 aromatic rings. The largest absolute Gasteiger partial charge is 0.493 e. The van der Waals surface area contributed by atoms with Gasteiger partial charge in [0.25, 0.3) is 0 Å². The van der Waals surface area contributed by atoms with Crippen molar-refractivity contribution in [3.63, 3.8) is 0 Å². The minimum atomic E-state index is -2.98. The fraction of sp³-hybridized carbons (Fsp3) is 0.318. The van der Waals surface area contributed by atoms with Crippen molar-refractivity contribution in [3.8, 4) is 23.0 Å². The van der Waals surface area contributed by atoms with Gasteiger partial charge in [-0.15, -0.1) is 0 Å². The number of hydrogen-bond acceptors (Lipinski definition) is 5. The highest BCUT2D eigenvalue weighted by molar-refractivity contribution is 5.91. The molecular weight excluding hydrogens is 434 g/mol. The van der Waals surface area contributed by atoms with E-state index in [2.05, 4.69) is 14.8 Å². The Hall–Kier alpha value is -3.43. The van der Waals surface area contributed by atoms with Gasteiger partial charge in [-0.05, 0) is 54.8 Å². The van der Waals surface area contributed by atoms with Gasteiger partial charge in [0.1, 0.15) is 0 Å². The van der Waals surface area contributed by atoms with Crippen LogP contribution in [0, 0.1) is 0 Å². The van der Waals surface area contributed by atoms with Crippen LogP contribution in [0.3, 0.4) is 0 Å². The molecule has 0 aromatic heterocycles. The maximum Gasteiger partial charge on any atom is 0.387 e. The lowest BCUT2D eigenvalue weighted by molar-refractivity contribution is -0.116. The van der Waals surface area contributed by atoms with Gasteiger partial charge in [0.15, 0.2) is 23.0 Å². The summed E-state index contributed by atoms with van der Waals surface area (Å²) in [5.74, 6) is -0.235. The number of carbonyl (C=O) groups excluding carboxylic acids is 1. The molecule has 10 heteroatoms. The number of ether oxygens (including phenoxy) is 4. The molecule has 0 saturated carbocycles. The van der Waals surface area contributed by atoms with Crippen LogP contribution in [0.15, 0.2) is 42.5 Å². The molecule has 0 unspecified atom stereocenters. The van der Waals surface area contributed by atoms with Crippen LogP contribution >= 0.6 is 0 Å². The van der Waals surface area contributed by atoms with Gasteiger partial charge in [0.2, 0.25) is 5.91 Å². The van der Waals surface area contributed by atoms with E-state index < -0.39 is 13.2 Å². The first-order valence-electron chi connectivity index (χ1n) is 9.61. The Morgan fingerprint density at radius 1 is 0.969 bits per heavy atom. The van der Waals surface area contributed by atoms with E-state index >= 15 is 0 Å². The van der Waals surface area contributed by atoms with Crippen molar-refractivity contribution >= 4 is 12.0 Å². The van der Waals surface area contributed by atoms with E-state index in [-0.39, 0.29) is 42.1 Å². The molecule has 0 aliphatic heterocycles. The molecule has 1 amide bonds. The van der Waals surface area contributed by atoms with E-state index in [1.807, 2.05) is 0 Å².